The maximum atomic E-state index is 12.6. The Kier molecular flexibility index (Phi) is 8.57. The largest absolute Gasteiger partial charge is 0.493 e. The number of amides is 1. The number of carbonyl (C=O) groups excluding carboxylic acids is 1. The zero-order valence-corrected chi connectivity index (χ0v) is 21.2. The molecule has 0 spiro atoms. The van der Waals surface area contributed by atoms with E-state index in [-0.39, 0.29) is 18.3 Å². The van der Waals surface area contributed by atoms with E-state index in [4.69, 9.17) is 9.47 Å². The lowest BCUT2D eigenvalue weighted by Crippen LogP contribution is -2.16. The predicted octanol–water partition coefficient (Wildman–Crippen LogP) is 5.00. The summed E-state index contributed by atoms with van der Waals surface area (Å²) in [5.41, 5.74) is 2.94. The molecule has 3 rings (SSSR count). The van der Waals surface area contributed by atoms with E-state index < -0.39 is 0 Å². The van der Waals surface area contributed by atoms with Gasteiger partial charge in [0.25, 0.3) is 0 Å². The van der Waals surface area contributed by atoms with Crippen LogP contribution < -0.4 is 14.8 Å². The van der Waals surface area contributed by atoms with Crippen LogP contribution in [-0.4, -0.2) is 33.5 Å². The van der Waals surface area contributed by atoms with Gasteiger partial charge in [-0.25, -0.2) is 0 Å². The van der Waals surface area contributed by atoms with Crippen LogP contribution in [0.15, 0.2) is 54.2 Å². The van der Waals surface area contributed by atoms with E-state index in [0.29, 0.717) is 29.0 Å². The van der Waals surface area contributed by atoms with Crippen LogP contribution in [0.25, 0.3) is 0 Å². The summed E-state index contributed by atoms with van der Waals surface area (Å²) in [6, 6.07) is 11.5. The molecule has 0 aliphatic heterocycles. The number of hydrogen-bond donors (Lipinski definition) is 1. The molecule has 0 radical (unpaired) electrons. The van der Waals surface area contributed by atoms with Gasteiger partial charge in [0, 0.05) is 15.8 Å². The minimum absolute atomic E-state index is 0.0950. The molecule has 0 saturated carbocycles. The third-order valence-electron chi connectivity index (χ3n) is 4.63. The molecule has 9 heteroatoms. The molecule has 3 aromatic rings. The summed E-state index contributed by atoms with van der Waals surface area (Å²) in [5, 5.41) is 12.2. The number of para-hydroxylation sites is 2. The second-order valence-corrected chi connectivity index (χ2v) is 9.18. The maximum Gasteiger partial charge on any atom is 0.234 e. The quantitative estimate of drug-likeness (QED) is 0.212. The van der Waals surface area contributed by atoms with Gasteiger partial charge in [0.1, 0.15) is 6.61 Å². The van der Waals surface area contributed by atoms with Gasteiger partial charge in [-0.1, -0.05) is 30.0 Å². The van der Waals surface area contributed by atoms with E-state index in [1.165, 1.54) is 11.8 Å². The van der Waals surface area contributed by atoms with Crippen LogP contribution in [0.4, 0.5) is 5.69 Å². The van der Waals surface area contributed by atoms with Crippen molar-refractivity contribution < 1.29 is 14.3 Å². The summed E-state index contributed by atoms with van der Waals surface area (Å²) in [7, 11) is 1.60. The van der Waals surface area contributed by atoms with Crippen molar-refractivity contribution in [3.05, 3.63) is 69.6 Å². The van der Waals surface area contributed by atoms with Crippen molar-refractivity contribution >= 4 is 45.9 Å². The monoisotopic (exact) mass is 564 g/mol. The van der Waals surface area contributed by atoms with Crippen LogP contribution >= 0.6 is 34.4 Å². The van der Waals surface area contributed by atoms with Gasteiger partial charge in [-0.2, -0.15) is 0 Å². The van der Waals surface area contributed by atoms with Gasteiger partial charge in [-0.3, -0.25) is 9.36 Å². The number of anilines is 1. The van der Waals surface area contributed by atoms with E-state index in [9.17, 15) is 4.79 Å². The second-order valence-electron chi connectivity index (χ2n) is 6.99. The fraction of sp³-hybridized carbons (Fsp3) is 0.261. The summed E-state index contributed by atoms with van der Waals surface area (Å²) in [6.45, 7) is 8.53. The lowest BCUT2D eigenvalue weighted by molar-refractivity contribution is -0.113. The molecule has 1 heterocycles. The standard InChI is InChI=1S/C23H25IN4O3S/c1-5-10-28-20(13-31-19-9-7-6-8-18(19)30-4)26-27-23(28)32-14-21(29)25-22-15(2)11-17(24)12-16(22)3/h5-9,11-12H,1,10,13-14H2,2-4H3,(H,25,29). The first-order valence-corrected chi connectivity index (χ1v) is 12.0. The first-order chi connectivity index (χ1) is 15.4. The summed E-state index contributed by atoms with van der Waals surface area (Å²) in [6.07, 6.45) is 1.76. The molecule has 0 unspecified atom stereocenters. The van der Waals surface area contributed by atoms with Crippen LogP contribution in [0, 0.1) is 17.4 Å². The average Bonchev–Trinajstić information content (AvgIpc) is 3.15. The van der Waals surface area contributed by atoms with Crippen molar-refractivity contribution in [3.63, 3.8) is 0 Å². The number of allylic oxidation sites excluding steroid dienone is 1. The van der Waals surface area contributed by atoms with Crippen LogP contribution in [-0.2, 0) is 17.9 Å². The van der Waals surface area contributed by atoms with Gasteiger partial charge in [0.05, 0.1) is 12.9 Å². The van der Waals surface area contributed by atoms with Gasteiger partial charge >= 0.3 is 0 Å². The van der Waals surface area contributed by atoms with Gasteiger partial charge in [-0.15, -0.1) is 16.8 Å². The molecule has 1 aromatic heterocycles. The number of carbonyl (C=O) groups is 1. The van der Waals surface area contributed by atoms with Crippen molar-refractivity contribution in [1.29, 1.82) is 0 Å². The fourth-order valence-electron chi connectivity index (χ4n) is 3.14. The molecule has 0 fully saturated rings. The number of aromatic nitrogens is 3. The highest BCUT2D eigenvalue weighted by Crippen LogP contribution is 2.27. The first kappa shape index (κ1) is 24.1. The highest BCUT2D eigenvalue weighted by atomic mass is 127. The van der Waals surface area contributed by atoms with Crippen LogP contribution in [0.5, 0.6) is 11.5 Å². The molecule has 0 saturated heterocycles. The minimum atomic E-state index is -0.0950. The molecular weight excluding hydrogens is 539 g/mol. The van der Waals surface area contributed by atoms with Crippen LogP contribution in [0.3, 0.4) is 0 Å². The Balaban J connectivity index is 1.66. The van der Waals surface area contributed by atoms with Gasteiger partial charge in [0.2, 0.25) is 5.91 Å². The number of halogens is 1. The van der Waals surface area contributed by atoms with Gasteiger partial charge in [-0.05, 0) is 71.8 Å². The van der Waals surface area contributed by atoms with Crippen molar-refractivity contribution in [1.82, 2.24) is 14.8 Å². The predicted molar refractivity (Wildman–Crippen MR) is 136 cm³/mol. The lowest BCUT2D eigenvalue weighted by Gasteiger charge is -2.13. The van der Waals surface area contributed by atoms with Gasteiger partial charge < -0.3 is 14.8 Å². The van der Waals surface area contributed by atoms with E-state index in [1.54, 1.807) is 13.2 Å². The average molecular weight is 564 g/mol. The normalized spacial score (nSPS) is 10.6. The van der Waals surface area contributed by atoms with E-state index >= 15 is 0 Å². The van der Waals surface area contributed by atoms with Crippen molar-refractivity contribution in [2.24, 2.45) is 0 Å². The molecule has 0 bridgehead atoms. The SMILES string of the molecule is C=CCn1c(COc2ccccc2OC)nnc1SCC(=O)Nc1c(C)cc(I)cc1C. The Bertz CT molecular complexity index is 1090. The first-order valence-electron chi connectivity index (χ1n) is 9.91. The van der Waals surface area contributed by atoms with E-state index in [0.717, 1.165) is 20.4 Å². The number of benzene rings is 2. The number of thioether (sulfide) groups is 1. The molecule has 32 heavy (non-hydrogen) atoms. The number of ether oxygens (including phenoxy) is 2. The Labute approximate surface area is 205 Å². The fourth-order valence-corrected chi connectivity index (χ4v) is 4.84. The highest BCUT2D eigenvalue weighted by Gasteiger charge is 2.16. The van der Waals surface area contributed by atoms with Crippen molar-refractivity contribution in [3.8, 4) is 11.5 Å². The van der Waals surface area contributed by atoms with Crippen LogP contribution in [0.1, 0.15) is 17.0 Å². The van der Waals surface area contributed by atoms with Gasteiger partial charge in [0.15, 0.2) is 22.5 Å². The molecule has 2 aromatic carbocycles. The Hall–Kier alpha value is -2.53. The third-order valence-corrected chi connectivity index (χ3v) is 6.21. The Morgan fingerprint density at radius 1 is 1.22 bits per heavy atom. The van der Waals surface area contributed by atoms with Crippen molar-refractivity contribution in [2.45, 2.75) is 32.2 Å². The zero-order chi connectivity index (χ0) is 23.1. The van der Waals surface area contributed by atoms with E-state index in [2.05, 4.69) is 44.7 Å². The second kappa shape index (κ2) is 11.4. The summed E-state index contributed by atoms with van der Waals surface area (Å²) in [5.74, 6) is 2.04. The van der Waals surface area contributed by atoms with E-state index in [1.807, 2.05) is 54.8 Å². The lowest BCUT2D eigenvalue weighted by atomic mass is 10.1. The zero-order valence-electron chi connectivity index (χ0n) is 18.2. The molecule has 7 nitrogen and oxygen atoms in total. The minimum Gasteiger partial charge on any atom is -0.493 e. The number of hydrogen-bond acceptors (Lipinski definition) is 6. The Morgan fingerprint density at radius 3 is 2.56 bits per heavy atom. The molecule has 1 amide bonds. The Morgan fingerprint density at radius 2 is 1.91 bits per heavy atom. The number of nitrogens with zero attached hydrogens (tertiary/aromatic N) is 3. The highest BCUT2D eigenvalue weighted by molar-refractivity contribution is 14.1. The summed E-state index contributed by atoms with van der Waals surface area (Å²) >= 11 is 3.60. The topological polar surface area (TPSA) is 78.3 Å². The third kappa shape index (κ3) is 6.04. The molecule has 1 N–H and O–H groups in total. The molecular formula is C23H25IN4O3S. The summed E-state index contributed by atoms with van der Waals surface area (Å²) in [4.78, 5) is 12.6. The number of methoxy groups -OCH3 is 1. The molecule has 0 aliphatic rings. The molecule has 168 valence electrons. The smallest absolute Gasteiger partial charge is 0.234 e. The molecule has 0 atom stereocenters. The number of aryl methyl sites for hydroxylation is 2. The van der Waals surface area contributed by atoms with Crippen LogP contribution in [0.2, 0.25) is 0 Å². The molecule has 0 aliphatic carbocycles. The van der Waals surface area contributed by atoms with Crippen molar-refractivity contribution in [2.75, 3.05) is 18.2 Å². The summed E-state index contributed by atoms with van der Waals surface area (Å²) < 4.78 is 14.2. The number of nitrogens with one attached hydrogen (secondary N) is 1. The maximum absolute atomic E-state index is 12.6. The number of rotatable bonds is 10.